The third kappa shape index (κ3) is 3.86. The number of rotatable bonds is 6. The van der Waals surface area contributed by atoms with Crippen molar-refractivity contribution in [1.82, 2.24) is 30.5 Å². The Morgan fingerprint density at radius 3 is 2.93 bits per heavy atom. The molecule has 3 heterocycles. The molecule has 0 aliphatic carbocycles. The number of amides is 1. The second-order valence-electron chi connectivity index (χ2n) is 6.37. The normalized spacial score (nSPS) is 14.2. The van der Waals surface area contributed by atoms with Crippen LogP contribution in [0.2, 0.25) is 0 Å². The molecule has 4 rings (SSSR count). The first-order valence-electron chi connectivity index (χ1n) is 9.20. The molecular weight excluding hydrogens is 360 g/mol. The minimum Gasteiger partial charge on any atom is -0.378 e. The van der Waals surface area contributed by atoms with Crippen molar-refractivity contribution in [3.05, 3.63) is 24.4 Å². The first-order chi connectivity index (χ1) is 13.7. The summed E-state index contributed by atoms with van der Waals surface area (Å²) in [6, 6.07) is 5.86. The molecule has 1 saturated heterocycles. The molecule has 0 spiro atoms. The predicted molar refractivity (Wildman–Crippen MR) is 105 cm³/mol. The molecule has 0 bridgehead atoms. The summed E-state index contributed by atoms with van der Waals surface area (Å²) in [4.78, 5) is 27.4. The van der Waals surface area contributed by atoms with E-state index in [1.54, 1.807) is 13.2 Å². The van der Waals surface area contributed by atoms with Crippen molar-refractivity contribution < 1.29 is 9.53 Å². The van der Waals surface area contributed by atoms with Crippen LogP contribution < -0.4 is 15.5 Å². The van der Waals surface area contributed by atoms with Gasteiger partial charge in [-0.2, -0.15) is 20.1 Å². The van der Waals surface area contributed by atoms with Crippen molar-refractivity contribution in [1.29, 1.82) is 0 Å². The molecule has 1 aliphatic heterocycles. The van der Waals surface area contributed by atoms with Gasteiger partial charge in [-0.25, -0.2) is 0 Å². The summed E-state index contributed by atoms with van der Waals surface area (Å²) in [5, 5.41) is 13.8. The molecule has 1 amide bonds. The molecular formula is C18H22N8O2. The molecule has 2 aromatic heterocycles. The van der Waals surface area contributed by atoms with E-state index in [4.69, 9.17) is 9.72 Å². The first-order valence-corrected chi connectivity index (χ1v) is 9.20. The van der Waals surface area contributed by atoms with Gasteiger partial charge in [0.05, 0.1) is 24.9 Å². The molecule has 0 radical (unpaired) electrons. The van der Waals surface area contributed by atoms with Crippen LogP contribution in [0.25, 0.3) is 22.3 Å². The van der Waals surface area contributed by atoms with Gasteiger partial charge < -0.3 is 20.3 Å². The van der Waals surface area contributed by atoms with Crippen molar-refractivity contribution in [2.75, 3.05) is 50.1 Å². The van der Waals surface area contributed by atoms with Gasteiger partial charge in [0.15, 0.2) is 5.82 Å². The Balaban J connectivity index is 1.69. The maximum absolute atomic E-state index is 11.5. The van der Waals surface area contributed by atoms with Crippen LogP contribution in [0.1, 0.15) is 6.42 Å². The number of morpholine rings is 1. The number of nitrogens with one attached hydrogen (secondary N) is 3. The lowest BCUT2D eigenvalue weighted by Gasteiger charge is -2.27. The van der Waals surface area contributed by atoms with E-state index in [0.717, 1.165) is 29.6 Å². The quantitative estimate of drug-likeness (QED) is 0.572. The third-order valence-corrected chi connectivity index (χ3v) is 4.56. The average molecular weight is 382 g/mol. The smallest absolute Gasteiger partial charge is 0.230 e. The summed E-state index contributed by atoms with van der Waals surface area (Å²) in [6.07, 6.45) is 2.10. The molecule has 1 aromatic carbocycles. The second-order valence-corrected chi connectivity index (χ2v) is 6.37. The van der Waals surface area contributed by atoms with E-state index >= 15 is 0 Å². The van der Waals surface area contributed by atoms with Crippen molar-refractivity contribution in [3.63, 3.8) is 0 Å². The van der Waals surface area contributed by atoms with Crippen LogP contribution in [-0.4, -0.2) is 71.0 Å². The van der Waals surface area contributed by atoms with Crippen molar-refractivity contribution in [2.45, 2.75) is 6.42 Å². The summed E-state index contributed by atoms with van der Waals surface area (Å²) in [5.74, 6) is 1.55. The zero-order valence-corrected chi connectivity index (χ0v) is 15.6. The Morgan fingerprint density at radius 2 is 2.11 bits per heavy atom. The van der Waals surface area contributed by atoms with Crippen molar-refractivity contribution >= 4 is 28.7 Å². The lowest BCUT2D eigenvalue weighted by molar-refractivity contribution is -0.120. The van der Waals surface area contributed by atoms with Gasteiger partial charge in [-0.1, -0.05) is 12.1 Å². The Hall–Kier alpha value is -3.27. The second kappa shape index (κ2) is 8.17. The van der Waals surface area contributed by atoms with Crippen LogP contribution in [0.4, 0.5) is 11.9 Å². The number of fused-ring (bicyclic) bond motifs is 1. The summed E-state index contributed by atoms with van der Waals surface area (Å²) in [5.41, 5.74) is 1.79. The number of hydrogen-bond acceptors (Lipinski definition) is 8. The fraction of sp³-hybridized carbons (Fsp3) is 0.389. The summed E-state index contributed by atoms with van der Waals surface area (Å²) in [7, 11) is 1.62. The van der Waals surface area contributed by atoms with Gasteiger partial charge in [0.1, 0.15) is 0 Å². The highest BCUT2D eigenvalue weighted by atomic mass is 16.5. The number of carbonyl (C=O) groups excluding carboxylic acids is 1. The van der Waals surface area contributed by atoms with Crippen molar-refractivity contribution in [2.24, 2.45) is 0 Å². The summed E-state index contributed by atoms with van der Waals surface area (Å²) < 4.78 is 5.43. The monoisotopic (exact) mass is 382 g/mol. The van der Waals surface area contributed by atoms with Crippen LogP contribution in [0, 0.1) is 0 Å². The third-order valence-electron chi connectivity index (χ3n) is 4.56. The Bertz CT molecular complexity index is 967. The number of ether oxygens (including phenoxy) is 1. The van der Waals surface area contributed by atoms with Gasteiger partial charge >= 0.3 is 0 Å². The highest BCUT2D eigenvalue weighted by Gasteiger charge is 2.18. The van der Waals surface area contributed by atoms with Crippen LogP contribution in [0.3, 0.4) is 0 Å². The standard InChI is InChI=1S/C18H22N8O2/c1-19-15(27)5-6-20-17-22-16(12-3-2-4-14-13(12)11-21-25-14)23-18(24-17)26-7-9-28-10-8-26/h2-4,11H,5-10H2,1H3,(H,19,27)(H,21,25)(H,20,22,23,24). The first kappa shape index (κ1) is 18.1. The van der Waals surface area contributed by atoms with Gasteiger partial charge in [-0.15, -0.1) is 0 Å². The van der Waals surface area contributed by atoms with E-state index in [0.29, 0.717) is 43.9 Å². The summed E-state index contributed by atoms with van der Waals surface area (Å²) in [6.45, 7) is 3.14. The maximum atomic E-state index is 11.5. The van der Waals surface area contributed by atoms with E-state index in [1.165, 1.54) is 0 Å². The lowest BCUT2D eigenvalue weighted by Crippen LogP contribution is -2.37. The number of aromatic nitrogens is 5. The van der Waals surface area contributed by atoms with E-state index in [1.807, 2.05) is 18.2 Å². The van der Waals surface area contributed by atoms with E-state index in [9.17, 15) is 4.79 Å². The molecule has 0 saturated carbocycles. The Morgan fingerprint density at radius 1 is 1.25 bits per heavy atom. The molecule has 0 atom stereocenters. The predicted octanol–water partition coefficient (Wildman–Crippen LogP) is 0.799. The molecule has 1 fully saturated rings. The lowest BCUT2D eigenvalue weighted by atomic mass is 10.1. The molecule has 0 unspecified atom stereocenters. The minimum absolute atomic E-state index is 0.0432. The van der Waals surface area contributed by atoms with Gasteiger partial charge in [0.2, 0.25) is 17.8 Å². The van der Waals surface area contributed by atoms with Gasteiger partial charge in [0, 0.05) is 44.1 Å². The fourth-order valence-electron chi connectivity index (χ4n) is 3.05. The zero-order chi connectivity index (χ0) is 19.3. The maximum Gasteiger partial charge on any atom is 0.230 e. The van der Waals surface area contributed by atoms with Gasteiger partial charge in [-0.05, 0) is 6.07 Å². The summed E-state index contributed by atoms with van der Waals surface area (Å²) >= 11 is 0. The van der Waals surface area contributed by atoms with E-state index < -0.39 is 0 Å². The van der Waals surface area contributed by atoms with Gasteiger partial charge in [0.25, 0.3) is 0 Å². The van der Waals surface area contributed by atoms with Crippen LogP contribution >= 0.6 is 0 Å². The Kier molecular flexibility index (Phi) is 5.29. The largest absolute Gasteiger partial charge is 0.378 e. The SMILES string of the molecule is CNC(=O)CCNc1nc(-c2cccc3[nH]ncc23)nc(N2CCOCC2)n1. The number of aromatic amines is 1. The molecule has 3 aromatic rings. The highest BCUT2D eigenvalue weighted by molar-refractivity contribution is 5.92. The number of hydrogen-bond donors (Lipinski definition) is 3. The van der Waals surface area contributed by atoms with E-state index in [-0.39, 0.29) is 5.91 Å². The number of H-pyrrole nitrogens is 1. The number of benzene rings is 1. The number of anilines is 2. The van der Waals surface area contributed by atoms with Gasteiger partial charge in [-0.3, -0.25) is 9.89 Å². The molecule has 146 valence electrons. The highest BCUT2D eigenvalue weighted by Crippen LogP contribution is 2.27. The number of nitrogens with zero attached hydrogens (tertiary/aromatic N) is 5. The molecule has 10 heteroatoms. The molecule has 28 heavy (non-hydrogen) atoms. The van der Waals surface area contributed by atoms with Crippen LogP contribution in [0.15, 0.2) is 24.4 Å². The van der Waals surface area contributed by atoms with Crippen LogP contribution in [0.5, 0.6) is 0 Å². The topological polar surface area (TPSA) is 121 Å². The molecule has 3 N–H and O–H groups in total. The zero-order valence-electron chi connectivity index (χ0n) is 15.6. The average Bonchev–Trinajstić information content (AvgIpc) is 3.23. The van der Waals surface area contributed by atoms with Crippen LogP contribution in [-0.2, 0) is 9.53 Å². The molecule has 10 nitrogen and oxygen atoms in total. The Labute approximate surface area is 161 Å². The fourth-order valence-corrected chi connectivity index (χ4v) is 3.05. The van der Waals surface area contributed by atoms with Crippen molar-refractivity contribution in [3.8, 4) is 11.4 Å². The van der Waals surface area contributed by atoms with E-state index in [2.05, 4.69) is 35.7 Å². The molecule has 1 aliphatic rings. The minimum atomic E-state index is -0.0432. The number of carbonyl (C=O) groups is 1.